The average Bonchev–Trinajstić information content (AvgIpc) is 2.13. The van der Waals surface area contributed by atoms with Crippen LogP contribution in [0, 0.1) is 0 Å². The van der Waals surface area contributed by atoms with E-state index in [-0.39, 0.29) is 5.78 Å². The van der Waals surface area contributed by atoms with Crippen LogP contribution in [0.4, 0.5) is 0 Å². The molecule has 0 spiro atoms. The van der Waals surface area contributed by atoms with Gasteiger partial charge in [0.15, 0.2) is 5.78 Å². The number of nitrogens with zero attached hydrogens (tertiary/aromatic N) is 2. The summed E-state index contributed by atoms with van der Waals surface area (Å²) in [4.78, 5) is 37.2. The van der Waals surface area contributed by atoms with E-state index in [0.29, 0.717) is 13.1 Å². The first-order valence-corrected chi connectivity index (χ1v) is 4.86. The van der Waals surface area contributed by atoms with E-state index in [4.69, 9.17) is 0 Å². The van der Waals surface area contributed by atoms with Crippen LogP contribution in [0.15, 0.2) is 0 Å². The molecule has 0 bridgehead atoms. The highest BCUT2D eigenvalue weighted by atomic mass is 16.2. The summed E-state index contributed by atoms with van der Waals surface area (Å²) in [6.07, 6.45) is 0. The molecule has 15 heavy (non-hydrogen) atoms. The van der Waals surface area contributed by atoms with Crippen LogP contribution in [0.2, 0.25) is 0 Å². The molecular weight excluding hydrogens is 196 g/mol. The molecule has 0 aliphatic carbocycles. The van der Waals surface area contributed by atoms with Crippen LogP contribution in [0.25, 0.3) is 0 Å². The number of ketones is 1. The molecule has 1 heterocycles. The summed E-state index contributed by atoms with van der Waals surface area (Å²) < 4.78 is 0. The van der Waals surface area contributed by atoms with Crippen molar-refractivity contribution in [1.29, 1.82) is 0 Å². The topological polar surface area (TPSA) is 57.7 Å². The van der Waals surface area contributed by atoms with Gasteiger partial charge in [0.25, 0.3) is 0 Å². The highest BCUT2D eigenvalue weighted by Gasteiger charge is 2.41. The standard InChI is InChI=1S/C10H16N2O3/c1-7(13)10(2,3)12-6-5-11(4)8(14)9(12)15/h5-6H2,1-4H3. The number of likely N-dealkylation sites (N-methyl/N-ethyl adjacent to an activating group) is 1. The minimum Gasteiger partial charge on any atom is -0.336 e. The Bertz CT molecular complexity index is 323. The number of carbonyl (C=O) groups excluding carboxylic acids is 3. The lowest BCUT2D eigenvalue weighted by atomic mass is 9.96. The Kier molecular flexibility index (Phi) is 2.83. The molecule has 5 nitrogen and oxygen atoms in total. The molecule has 84 valence electrons. The van der Waals surface area contributed by atoms with Crippen molar-refractivity contribution in [2.45, 2.75) is 26.3 Å². The van der Waals surface area contributed by atoms with Crippen molar-refractivity contribution in [2.75, 3.05) is 20.1 Å². The first kappa shape index (κ1) is 11.7. The van der Waals surface area contributed by atoms with Gasteiger partial charge in [-0.05, 0) is 20.8 Å². The smallest absolute Gasteiger partial charge is 0.312 e. The molecular formula is C10H16N2O3. The molecule has 2 amide bonds. The number of piperazine rings is 1. The van der Waals surface area contributed by atoms with Crippen molar-refractivity contribution in [2.24, 2.45) is 0 Å². The number of hydrogen-bond donors (Lipinski definition) is 0. The summed E-state index contributed by atoms with van der Waals surface area (Å²) >= 11 is 0. The van der Waals surface area contributed by atoms with Gasteiger partial charge >= 0.3 is 11.8 Å². The monoisotopic (exact) mass is 212 g/mol. The molecule has 0 N–H and O–H groups in total. The van der Waals surface area contributed by atoms with E-state index < -0.39 is 17.4 Å². The summed E-state index contributed by atoms with van der Waals surface area (Å²) in [6.45, 7) is 5.63. The van der Waals surface area contributed by atoms with Crippen LogP contribution in [-0.4, -0.2) is 53.1 Å². The van der Waals surface area contributed by atoms with Crippen molar-refractivity contribution in [3.63, 3.8) is 0 Å². The van der Waals surface area contributed by atoms with E-state index >= 15 is 0 Å². The van der Waals surface area contributed by atoms with Gasteiger partial charge in [0, 0.05) is 20.1 Å². The van der Waals surface area contributed by atoms with Gasteiger partial charge in [-0.1, -0.05) is 0 Å². The molecule has 1 aliphatic heterocycles. The Morgan fingerprint density at radius 2 is 1.73 bits per heavy atom. The summed E-state index contributed by atoms with van der Waals surface area (Å²) in [7, 11) is 1.58. The number of rotatable bonds is 2. The molecule has 1 fully saturated rings. The van der Waals surface area contributed by atoms with E-state index in [1.807, 2.05) is 0 Å². The Morgan fingerprint density at radius 3 is 2.20 bits per heavy atom. The van der Waals surface area contributed by atoms with E-state index in [0.717, 1.165) is 0 Å². The molecule has 0 aromatic heterocycles. The SMILES string of the molecule is CC(=O)C(C)(C)N1CCN(C)C(=O)C1=O. The molecule has 1 rings (SSSR count). The first-order chi connectivity index (χ1) is 6.78. The fourth-order valence-electron chi connectivity index (χ4n) is 1.46. The third-order valence-electron chi connectivity index (χ3n) is 2.97. The Labute approximate surface area is 89.0 Å². The van der Waals surface area contributed by atoms with Gasteiger partial charge in [0.05, 0.1) is 5.54 Å². The Morgan fingerprint density at radius 1 is 1.20 bits per heavy atom. The first-order valence-electron chi connectivity index (χ1n) is 4.86. The van der Waals surface area contributed by atoms with Gasteiger partial charge in [-0.25, -0.2) is 0 Å². The fraction of sp³-hybridized carbons (Fsp3) is 0.700. The quantitative estimate of drug-likeness (QED) is 0.588. The largest absolute Gasteiger partial charge is 0.336 e. The van der Waals surface area contributed by atoms with Gasteiger partial charge in [0.2, 0.25) is 0 Å². The second-order valence-corrected chi connectivity index (χ2v) is 4.30. The van der Waals surface area contributed by atoms with E-state index in [1.165, 1.54) is 16.7 Å². The third-order valence-corrected chi connectivity index (χ3v) is 2.97. The van der Waals surface area contributed by atoms with Crippen molar-refractivity contribution in [3.05, 3.63) is 0 Å². The zero-order chi connectivity index (χ0) is 11.8. The maximum atomic E-state index is 11.7. The van der Waals surface area contributed by atoms with E-state index in [9.17, 15) is 14.4 Å². The summed E-state index contributed by atoms with van der Waals surface area (Å²) in [5, 5.41) is 0. The van der Waals surface area contributed by atoms with Crippen LogP contribution in [0.5, 0.6) is 0 Å². The fourth-order valence-corrected chi connectivity index (χ4v) is 1.46. The molecule has 5 heteroatoms. The van der Waals surface area contributed by atoms with Crippen molar-refractivity contribution in [1.82, 2.24) is 9.80 Å². The number of carbonyl (C=O) groups is 3. The Balaban J connectivity index is 2.94. The van der Waals surface area contributed by atoms with Crippen LogP contribution in [-0.2, 0) is 14.4 Å². The average molecular weight is 212 g/mol. The maximum Gasteiger partial charge on any atom is 0.312 e. The van der Waals surface area contributed by atoms with Crippen LogP contribution in [0.1, 0.15) is 20.8 Å². The van der Waals surface area contributed by atoms with Crippen molar-refractivity contribution in [3.8, 4) is 0 Å². The molecule has 0 aromatic rings. The second kappa shape index (κ2) is 3.64. The van der Waals surface area contributed by atoms with Crippen LogP contribution in [0.3, 0.4) is 0 Å². The number of amides is 2. The summed E-state index contributed by atoms with van der Waals surface area (Å²) in [5.74, 6) is -1.26. The highest BCUT2D eigenvalue weighted by Crippen LogP contribution is 2.18. The second-order valence-electron chi connectivity index (χ2n) is 4.30. The van der Waals surface area contributed by atoms with Crippen molar-refractivity contribution >= 4 is 17.6 Å². The third kappa shape index (κ3) is 1.86. The highest BCUT2D eigenvalue weighted by molar-refractivity contribution is 6.35. The summed E-state index contributed by atoms with van der Waals surface area (Å²) in [6, 6.07) is 0. The number of hydrogen-bond acceptors (Lipinski definition) is 3. The molecule has 0 unspecified atom stereocenters. The maximum absolute atomic E-state index is 11.7. The van der Waals surface area contributed by atoms with Gasteiger partial charge in [-0.3, -0.25) is 14.4 Å². The summed E-state index contributed by atoms with van der Waals surface area (Å²) in [5.41, 5.74) is -0.895. The lowest BCUT2D eigenvalue weighted by Gasteiger charge is -2.40. The minimum atomic E-state index is -0.895. The van der Waals surface area contributed by atoms with Gasteiger partial charge in [-0.15, -0.1) is 0 Å². The molecule has 0 saturated carbocycles. The zero-order valence-corrected chi connectivity index (χ0v) is 9.53. The van der Waals surface area contributed by atoms with E-state index in [1.54, 1.807) is 20.9 Å². The molecule has 1 saturated heterocycles. The zero-order valence-electron chi connectivity index (χ0n) is 9.53. The van der Waals surface area contributed by atoms with Gasteiger partial charge < -0.3 is 9.80 Å². The molecule has 0 radical (unpaired) electrons. The molecule has 1 aliphatic rings. The number of Topliss-reactive ketones (excluding diaryl/α,β-unsaturated/α-hetero) is 1. The lowest BCUT2D eigenvalue weighted by molar-refractivity contribution is -0.161. The Hall–Kier alpha value is -1.39. The minimum absolute atomic E-state index is 0.117. The molecule has 0 atom stereocenters. The predicted octanol–water partition coefficient (Wildman–Crippen LogP) is -0.345. The van der Waals surface area contributed by atoms with E-state index in [2.05, 4.69) is 0 Å². The van der Waals surface area contributed by atoms with Crippen molar-refractivity contribution < 1.29 is 14.4 Å². The molecule has 0 aromatic carbocycles. The van der Waals surface area contributed by atoms with Gasteiger partial charge in [0.1, 0.15) is 0 Å². The lowest BCUT2D eigenvalue weighted by Crippen LogP contribution is -2.61. The van der Waals surface area contributed by atoms with Crippen LogP contribution < -0.4 is 0 Å². The predicted molar refractivity (Wildman–Crippen MR) is 54.1 cm³/mol. The van der Waals surface area contributed by atoms with Crippen LogP contribution >= 0.6 is 0 Å². The van der Waals surface area contributed by atoms with Gasteiger partial charge in [-0.2, -0.15) is 0 Å². The normalized spacial score (nSPS) is 18.4.